The molecule has 2 aromatic rings. The third kappa shape index (κ3) is 5.14. The molecule has 1 unspecified atom stereocenters. The number of anilines is 1. The topological polar surface area (TPSA) is 98.4 Å². The second-order valence-corrected chi connectivity index (χ2v) is 7.92. The number of carbonyl (C=O) groups excluding carboxylic acids is 2. The molecule has 3 rings (SSSR count). The zero-order chi connectivity index (χ0) is 21.6. The van der Waals surface area contributed by atoms with Crippen molar-refractivity contribution in [2.45, 2.75) is 46.0 Å². The summed E-state index contributed by atoms with van der Waals surface area (Å²) in [6.45, 7) is 4.84. The molecule has 0 bridgehead atoms. The molecule has 30 heavy (non-hydrogen) atoms. The van der Waals surface area contributed by atoms with Gasteiger partial charge in [0.2, 0.25) is 5.95 Å². The molecule has 0 saturated carbocycles. The predicted octanol–water partition coefficient (Wildman–Crippen LogP) is 3.18. The number of hydrogen-bond donors (Lipinski definition) is 1. The van der Waals surface area contributed by atoms with Crippen LogP contribution in [0.2, 0.25) is 0 Å². The lowest BCUT2D eigenvalue weighted by Gasteiger charge is -2.41. The third-order valence-electron chi connectivity index (χ3n) is 5.63. The highest BCUT2D eigenvalue weighted by atomic mass is 16.5. The van der Waals surface area contributed by atoms with Crippen molar-refractivity contribution in [1.82, 2.24) is 14.9 Å². The number of benzene rings is 1. The quantitative estimate of drug-likeness (QED) is 0.704. The number of amides is 1. The van der Waals surface area contributed by atoms with Crippen LogP contribution in [0.15, 0.2) is 36.4 Å². The van der Waals surface area contributed by atoms with E-state index in [-0.39, 0.29) is 23.5 Å². The average molecular weight is 411 g/mol. The summed E-state index contributed by atoms with van der Waals surface area (Å²) in [5.41, 5.74) is 7.18. The van der Waals surface area contributed by atoms with E-state index in [0.717, 1.165) is 25.7 Å². The SMILES string of the molecule is CCOC(=O)C1(CCCc2ccccc2)CCCN(C(=O)c2cc(C)nc(N)n2)C1. The number of rotatable bonds is 7. The molecule has 1 saturated heterocycles. The summed E-state index contributed by atoms with van der Waals surface area (Å²) in [6.07, 6.45) is 3.88. The van der Waals surface area contributed by atoms with Gasteiger partial charge in [-0.2, -0.15) is 0 Å². The smallest absolute Gasteiger partial charge is 0.313 e. The lowest BCUT2D eigenvalue weighted by molar-refractivity contribution is -0.159. The second kappa shape index (κ2) is 9.69. The van der Waals surface area contributed by atoms with Gasteiger partial charge in [0.1, 0.15) is 5.69 Å². The normalized spacial score (nSPS) is 18.8. The van der Waals surface area contributed by atoms with Gasteiger partial charge < -0.3 is 15.4 Å². The molecule has 7 heteroatoms. The van der Waals surface area contributed by atoms with E-state index in [0.29, 0.717) is 31.8 Å². The first kappa shape index (κ1) is 21.7. The Kier molecular flexibility index (Phi) is 7.03. The maximum Gasteiger partial charge on any atom is 0.313 e. The van der Waals surface area contributed by atoms with Crippen LogP contribution in [0.25, 0.3) is 0 Å². The largest absolute Gasteiger partial charge is 0.466 e. The number of aromatic nitrogens is 2. The number of nitrogens with two attached hydrogens (primary N) is 1. The Morgan fingerprint density at radius 1 is 1.23 bits per heavy atom. The number of ether oxygens (including phenoxy) is 1. The van der Waals surface area contributed by atoms with Crippen LogP contribution in [0.1, 0.15) is 54.4 Å². The molecule has 1 aromatic heterocycles. The van der Waals surface area contributed by atoms with Gasteiger partial charge in [0.05, 0.1) is 12.0 Å². The van der Waals surface area contributed by atoms with Crippen LogP contribution in [0.5, 0.6) is 0 Å². The van der Waals surface area contributed by atoms with Crippen molar-refractivity contribution in [1.29, 1.82) is 0 Å². The molecule has 160 valence electrons. The number of hydrogen-bond acceptors (Lipinski definition) is 6. The van der Waals surface area contributed by atoms with Crippen LogP contribution in [-0.2, 0) is 16.0 Å². The Hall–Kier alpha value is -2.96. The monoisotopic (exact) mass is 410 g/mol. The maximum absolute atomic E-state index is 13.1. The van der Waals surface area contributed by atoms with Gasteiger partial charge in [-0.3, -0.25) is 9.59 Å². The minimum atomic E-state index is -0.688. The maximum atomic E-state index is 13.1. The summed E-state index contributed by atoms with van der Waals surface area (Å²) in [5, 5.41) is 0. The van der Waals surface area contributed by atoms with E-state index in [1.165, 1.54) is 5.56 Å². The molecular formula is C23H30N4O3. The minimum Gasteiger partial charge on any atom is -0.466 e. The fraction of sp³-hybridized carbons (Fsp3) is 0.478. The minimum absolute atomic E-state index is 0.0786. The van der Waals surface area contributed by atoms with E-state index < -0.39 is 5.41 Å². The van der Waals surface area contributed by atoms with Gasteiger partial charge in [-0.1, -0.05) is 30.3 Å². The fourth-order valence-electron chi connectivity index (χ4n) is 4.20. The molecule has 2 heterocycles. The molecule has 1 aromatic carbocycles. The first-order valence-corrected chi connectivity index (χ1v) is 10.5. The molecule has 1 atom stereocenters. The predicted molar refractivity (Wildman–Crippen MR) is 115 cm³/mol. The molecule has 1 aliphatic heterocycles. The first-order valence-electron chi connectivity index (χ1n) is 10.5. The zero-order valence-electron chi connectivity index (χ0n) is 17.8. The standard InChI is InChI=1S/C23H30N4O3/c1-3-30-21(29)23(12-7-11-18-9-5-4-6-10-18)13-8-14-27(16-23)20(28)19-15-17(2)25-22(24)26-19/h4-6,9-10,15H,3,7-8,11-14,16H2,1-2H3,(H2,24,25,26). The highest BCUT2D eigenvalue weighted by Gasteiger charge is 2.44. The Bertz CT molecular complexity index is 867. The number of likely N-dealkylation sites (tertiary alicyclic amines) is 1. The molecule has 7 nitrogen and oxygen atoms in total. The van der Waals surface area contributed by atoms with Gasteiger partial charge in [-0.15, -0.1) is 0 Å². The van der Waals surface area contributed by atoms with Gasteiger partial charge >= 0.3 is 5.97 Å². The summed E-state index contributed by atoms with van der Waals surface area (Å²) in [4.78, 5) is 35.9. The van der Waals surface area contributed by atoms with Crippen LogP contribution in [0.4, 0.5) is 5.95 Å². The van der Waals surface area contributed by atoms with Crippen molar-refractivity contribution in [3.63, 3.8) is 0 Å². The van der Waals surface area contributed by atoms with Gasteiger partial charge in [0, 0.05) is 18.8 Å². The summed E-state index contributed by atoms with van der Waals surface area (Å²) < 4.78 is 5.44. The van der Waals surface area contributed by atoms with Gasteiger partial charge in [-0.25, -0.2) is 9.97 Å². The molecule has 1 aliphatic rings. The van der Waals surface area contributed by atoms with Crippen LogP contribution >= 0.6 is 0 Å². The Balaban J connectivity index is 1.76. The van der Waals surface area contributed by atoms with Crippen molar-refractivity contribution in [3.8, 4) is 0 Å². The van der Waals surface area contributed by atoms with Gasteiger partial charge in [0.25, 0.3) is 5.91 Å². The van der Waals surface area contributed by atoms with E-state index >= 15 is 0 Å². The van der Waals surface area contributed by atoms with E-state index in [4.69, 9.17) is 10.5 Å². The molecule has 1 fully saturated rings. The molecule has 0 spiro atoms. The summed E-state index contributed by atoms with van der Waals surface area (Å²) in [7, 11) is 0. The van der Waals surface area contributed by atoms with E-state index in [1.54, 1.807) is 17.9 Å². The van der Waals surface area contributed by atoms with Crippen LogP contribution in [-0.4, -0.2) is 46.4 Å². The number of carbonyl (C=O) groups is 2. The van der Waals surface area contributed by atoms with Crippen molar-refractivity contribution < 1.29 is 14.3 Å². The van der Waals surface area contributed by atoms with Crippen molar-refractivity contribution >= 4 is 17.8 Å². The molecule has 1 amide bonds. The Labute approximate surface area is 177 Å². The lowest BCUT2D eigenvalue weighted by Crippen LogP contribution is -2.50. The second-order valence-electron chi connectivity index (χ2n) is 7.92. The Morgan fingerprint density at radius 3 is 2.70 bits per heavy atom. The zero-order valence-corrected chi connectivity index (χ0v) is 17.8. The highest BCUT2D eigenvalue weighted by molar-refractivity contribution is 5.93. The lowest BCUT2D eigenvalue weighted by atomic mass is 9.75. The number of esters is 1. The number of aryl methyl sites for hydroxylation is 2. The number of nitrogen functional groups attached to an aromatic ring is 1. The van der Waals surface area contributed by atoms with Crippen molar-refractivity contribution in [2.24, 2.45) is 5.41 Å². The summed E-state index contributed by atoms with van der Waals surface area (Å²) in [5.74, 6) is -0.354. The number of piperidine rings is 1. The molecule has 0 radical (unpaired) electrons. The summed E-state index contributed by atoms with van der Waals surface area (Å²) >= 11 is 0. The Morgan fingerprint density at radius 2 is 2.00 bits per heavy atom. The van der Waals surface area contributed by atoms with Crippen LogP contribution < -0.4 is 5.73 Å². The van der Waals surface area contributed by atoms with E-state index in [2.05, 4.69) is 22.1 Å². The van der Waals surface area contributed by atoms with E-state index in [1.807, 2.05) is 25.1 Å². The molecular weight excluding hydrogens is 380 g/mol. The highest BCUT2D eigenvalue weighted by Crippen LogP contribution is 2.37. The molecule has 0 aliphatic carbocycles. The average Bonchev–Trinajstić information content (AvgIpc) is 2.73. The molecule has 2 N–H and O–H groups in total. The van der Waals surface area contributed by atoms with Crippen molar-refractivity contribution in [3.05, 3.63) is 53.3 Å². The van der Waals surface area contributed by atoms with Crippen LogP contribution in [0.3, 0.4) is 0 Å². The van der Waals surface area contributed by atoms with Crippen molar-refractivity contribution in [2.75, 3.05) is 25.4 Å². The van der Waals surface area contributed by atoms with Gasteiger partial charge in [-0.05, 0) is 57.6 Å². The third-order valence-corrected chi connectivity index (χ3v) is 5.63. The summed E-state index contributed by atoms with van der Waals surface area (Å²) in [6, 6.07) is 11.9. The van der Waals surface area contributed by atoms with Gasteiger partial charge in [0.15, 0.2) is 0 Å². The first-order chi connectivity index (χ1) is 14.4. The van der Waals surface area contributed by atoms with Crippen LogP contribution in [0, 0.1) is 12.3 Å². The fourth-order valence-corrected chi connectivity index (χ4v) is 4.20. The van der Waals surface area contributed by atoms with E-state index in [9.17, 15) is 9.59 Å². The number of nitrogens with zero attached hydrogens (tertiary/aromatic N) is 3.